The summed E-state index contributed by atoms with van der Waals surface area (Å²) in [6, 6.07) is 14.0. The minimum atomic E-state index is -0.389. The van der Waals surface area contributed by atoms with Crippen molar-refractivity contribution in [2.24, 2.45) is 0 Å². The van der Waals surface area contributed by atoms with Crippen LogP contribution in [-0.2, 0) is 29.1 Å². The maximum atomic E-state index is 12.2. The van der Waals surface area contributed by atoms with E-state index in [-0.39, 0.29) is 18.3 Å². The number of nitrogens with one attached hydrogen (secondary N) is 1. The first-order valence-corrected chi connectivity index (χ1v) is 10.0. The van der Waals surface area contributed by atoms with E-state index in [1.165, 1.54) is 18.4 Å². The van der Waals surface area contributed by atoms with Crippen LogP contribution < -0.4 is 10.1 Å². The molecule has 0 aliphatic carbocycles. The van der Waals surface area contributed by atoms with Gasteiger partial charge in [-0.1, -0.05) is 23.7 Å². The highest BCUT2D eigenvalue weighted by Crippen LogP contribution is 2.18. The van der Waals surface area contributed by atoms with Crippen molar-refractivity contribution in [3.63, 3.8) is 0 Å². The van der Waals surface area contributed by atoms with Gasteiger partial charge in [-0.15, -0.1) is 11.3 Å². The molecule has 1 heterocycles. The smallest absolute Gasteiger partial charge is 0.337 e. The molecule has 0 saturated carbocycles. The minimum Gasteiger partial charge on any atom is -0.486 e. The Morgan fingerprint density at radius 1 is 1.10 bits per heavy atom. The Bertz CT molecular complexity index is 971. The molecule has 150 valence electrons. The van der Waals surface area contributed by atoms with Gasteiger partial charge >= 0.3 is 5.97 Å². The van der Waals surface area contributed by atoms with E-state index in [1.54, 1.807) is 48.5 Å². The largest absolute Gasteiger partial charge is 0.486 e. The van der Waals surface area contributed by atoms with Crippen LogP contribution in [0.5, 0.6) is 5.75 Å². The second kappa shape index (κ2) is 10.0. The molecule has 3 aromatic rings. The zero-order valence-corrected chi connectivity index (χ0v) is 17.3. The van der Waals surface area contributed by atoms with Gasteiger partial charge in [-0.05, 0) is 42.0 Å². The Morgan fingerprint density at radius 2 is 1.83 bits per heavy atom. The Balaban J connectivity index is 1.45. The van der Waals surface area contributed by atoms with Crippen LogP contribution in [0.2, 0.25) is 5.02 Å². The first-order chi connectivity index (χ1) is 14.0. The van der Waals surface area contributed by atoms with Gasteiger partial charge in [0.15, 0.2) is 0 Å². The number of amides is 1. The van der Waals surface area contributed by atoms with Crippen molar-refractivity contribution in [1.29, 1.82) is 0 Å². The number of thiazole rings is 1. The first kappa shape index (κ1) is 20.8. The molecule has 6 nitrogen and oxygen atoms in total. The molecule has 1 N–H and O–H groups in total. The van der Waals surface area contributed by atoms with Crippen molar-refractivity contribution in [3.8, 4) is 5.75 Å². The second-order valence-electron chi connectivity index (χ2n) is 6.12. The molecule has 1 aromatic heterocycles. The highest BCUT2D eigenvalue weighted by atomic mass is 35.5. The normalized spacial score (nSPS) is 10.4. The number of nitrogens with zero attached hydrogens (tertiary/aromatic N) is 1. The van der Waals surface area contributed by atoms with E-state index in [4.69, 9.17) is 16.3 Å². The van der Waals surface area contributed by atoms with Crippen molar-refractivity contribution in [3.05, 3.63) is 80.8 Å². The third-order valence-corrected chi connectivity index (χ3v) is 5.10. The number of esters is 1. The summed E-state index contributed by atoms with van der Waals surface area (Å²) in [6.07, 6.45) is 0.192. The molecule has 3 rings (SSSR count). The fourth-order valence-electron chi connectivity index (χ4n) is 2.48. The van der Waals surface area contributed by atoms with E-state index in [2.05, 4.69) is 15.0 Å². The van der Waals surface area contributed by atoms with Gasteiger partial charge in [0.1, 0.15) is 17.4 Å². The zero-order valence-electron chi connectivity index (χ0n) is 15.7. The van der Waals surface area contributed by atoms with Gasteiger partial charge in [0.05, 0.1) is 24.8 Å². The van der Waals surface area contributed by atoms with Crippen LogP contribution in [-0.4, -0.2) is 24.0 Å². The standard InChI is InChI=1S/C21H19ClN2O4S/c1-27-21(26)15-4-2-14(3-5-15)11-23-19(25)10-17-13-29-20(24-17)12-28-18-8-6-16(22)7-9-18/h2-9,13H,10-12H2,1H3,(H,23,25). The van der Waals surface area contributed by atoms with Gasteiger partial charge in [0.2, 0.25) is 5.91 Å². The highest BCUT2D eigenvalue weighted by molar-refractivity contribution is 7.09. The van der Waals surface area contributed by atoms with Gasteiger partial charge in [0.25, 0.3) is 0 Å². The zero-order chi connectivity index (χ0) is 20.6. The SMILES string of the molecule is COC(=O)c1ccc(CNC(=O)Cc2csc(COc3ccc(Cl)cc3)n2)cc1. The Hall–Kier alpha value is -2.90. The number of ether oxygens (including phenoxy) is 2. The topological polar surface area (TPSA) is 77.5 Å². The van der Waals surface area contributed by atoms with Crippen LogP contribution in [0.4, 0.5) is 0 Å². The number of hydrogen-bond donors (Lipinski definition) is 1. The van der Waals surface area contributed by atoms with Crippen LogP contribution in [0.15, 0.2) is 53.9 Å². The maximum Gasteiger partial charge on any atom is 0.337 e. The first-order valence-electron chi connectivity index (χ1n) is 8.79. The summed E-state index contributed by atoms with van der Waals surface area (Å²) in [4.78, 5) is 28.0. The van der Waals surface area contributed by atoms with Gasteiger partial charge in [-0.25, -0.2) is 9.78 Å². The summed E-state index contributed by atoms with van der Waals surface area (Å²) in [6.45, 7) is 0.706. The van der Waals surface area contributed by atoms with Gasteiger partial charge < -0.3 is 14.8 Å². The van der Waals surface area contributed by atoms with Crippen LogP contribution in [0, 0.1) is 0 Å². The molecule has 0 aliphatic heterocycles. The summed E-state index contributed by atoms with van der Waals surface area (Å²) in [7, 11) is 1.34. The lowest BCUT2D eigenvalue weighted by Crippen LogP contribution is -2.24. The molecule has 0 atom stereocenters. The van der Waals surface area contributed by atoms with E-state index in [0.717, 1.165) is 10.6 Å². The van der Waals surface area contributed by atoms with Crippen LogP contribution in [0.25, 0.3) is 0 Å². The highest BCUT2D eigenvalue weighted by Gasteiger charge is 2.09. The molecule has 0 fully saturated rings. The molecule has 1 amide bonds. The molecule has 0 radical (unpaired) electrons. The van der Waals surface area contributed by atoms with E-state index in [0.29, 0.717) is 35.2 Å². The van der Waals surface area contributed by atoms with Crippen LogP contribution in [0.3, 0.4) is 0 Å². The number of halogens is 1. The summed E-state index contributed by atoms with van der Waals surface area (Å²) in [5.41, 5.74) is 2.06. The minimum absolute atomic E-state index is 0.127. The fourth-order valence-corrected chi connectivity index (χ4v) is 3.31. The monoisotopic (exact) mass is 430 g/mol. The van der Waals surface area contributed by atoms with E-state index in [1.807, 2.05) is 5.38 Å². The van der Waals surface area contributed by atoms with Gasteiger partial charge in [-0.3, -0.25) is 4.79 Å². The predicted molar refractivity (Wildman–Crippen MR) is 111 cm³/mol. The molecule has 2 aromatic carbocycles. The lowest BCUT2D eigenvalue weighted by molar-refractivity contribution is -0.120. The molecule has 0 saturated heterocycles. The molecular weight excluding hydrogens is 412 g/mol. The van der Waals surface area contributed by atoms with Crippen LogP contribution >= 0.6 is 22.9 Å². The molecule has 0 unspecified atom stereocenters. The number of aromatic nitrogens is 1. The molecular formula is C21H19ClN2O4S. The third-order valence-electron chi connectivity index (χ3n) is 3.98. The third kappa shape index (κ3) is 6.30. The number of methoxy groups -OCH3 is 1. The van der Waals surface area contributed by atoms with Crippen molar-refractivity contribution in [1.82, 2.24) is 10.3 Å². The van der Waals surface area contributed by atoms with E-state index in [9.17, 15) is 9.59 Å². The molecule has 0 bridgehead atoms. The van der Waals surface area contributed by atoms with E-state index >= 15 is 0 Å². The molecule has 8 heteroatoms. The predicted octanol–water partition coefficient (Wildman–Crippen LogP) is 4.02. The van der Waals surface area contributed by atoms with Gasteiger partial charge in [0, 0.05) is 16.9 Å². The second-order valence-corrected chi connectivity index (χ2v) is 7.50. The average Bonchev–Trinajstić information content (AvgIpc) is 3.19. The molecule has 0 spiro atoms. The Kier molecular flexibility index (Phi) is 7.21. The number of carbonyl (C=O) groups excluding carboxylic acids is 2. The number of benzene rings is 2. The number of carbonyl (C=O) groups is 2. The van der Waals surface area contributed by atoms with Crippen molar-refractivity contribution in [2.75, 3.05) is 7.11 Å². The van der Waals surface area contributed by atoms with Crippen LogP contribution in [0.1, 0.15) is 26.6 Å². The molecule has 29 heavy (non-hydrogen) atoms. The van der Waals surface area contributed by atoms with E-state index < -0.39 is 0 Å². The lowest BCUT2D eigenvalue weighted by Gasteiger charge is -2.05. The average molecular weight is 431 g/mol. The maximum absolute atomic E-state index is 12.2. The number of rotatable bonds is 8. The Morgan fingerprint density at radius 3 is 2.52 bits per heavy atom. The summed E-state index contributed by atoms with van der Waals surface area (Å²) in [5, 5.41) is 6.15. The van der Waals surface area contributed by atoms with Crippen molar-refractivity contribution < 1.29 is 19.1 Å². The summed E-state index contributed by atoms with van der Waals surface area (Å²) >= 11 is 7.30. The number of hydrogen-bond acceptors (Lipinski definition) is 6. The quantitative estimate of drug-likeness (QED) is 0.546. The van der Waals surface area contributed by atoms with Crippen molar-refractivity contribution >= 4 is 34.8 Å². The lowest BCUT2D eigenvalue weighted by atomic mass is 10.1. The Labute approximate surface area is 177 Å². The summed E-state index contributed by atoms with van der Waals surface area (Å²) < 4.78 is 10.3. The summed E-state index contributed by atoms with van der Waals surface area (Å²) in [5.74, 6) is 0.194. The van der Waals surface area contributed by atoms with Crippen molar-refractivity contribution in [2.45, 2.75) is 19.6 Å². The molecule has 0 aliphatic rings. The fraction of sp³-hybridized carbons (Fsp3) is 0.190. The van der Waals surface area contributed by atoms with Gasteiger partial charge in [-0.2, -0.15) is 0 Å².